The van der Waals surface area contributed by atoms with Gasteiger partial charge in [0, 0.05) is 11.3 Å². The Labute approximate surface area is 172 Å². The Morgan fingerprint density at radius 2 is 1.73 bits per heavy atom. The average molecular weight is 395 g/mol. The fourth-order valence-corrected chi connectivity index (χ4v) is 3.17. The Morgan fingerprint density at radius 3 is 2.53 bits per heavy atom. The van der Waals surface area contributed by atoms with E-state index in [4.69, 9.17) is 4.74 Å². The van der Waals surface area contributed by atoms with Gasteiger partial charge in [-0.25, -0.2) is 4.98 Å². The molecule has 0 spiro atoms. The Morgan fingerprint density at radius 1 is 0.967 bits per heavy atom. The van der Waals surface area contributed by atoms with Crippen molar-refractivity contribution in [1.82, 2.24) is 19.6 Å². The predicted molar refractivity (Wildman–Crippen MR) is 114 cm³/mol. The van der Waals surface area contributed by atoms with Gasteiger partial charge in [-0.2, -0.15) is 0 Å². The summed E-state index contributed by atoms with van der Waals surface area (Å²) in [5, 5.41) is 11.0. The van der Waals surface area contributed by atoms with E-state index in [2.05, 4.69) is 20.5 Å². The molecule has 0 aliphatic rings. The minimum Gasteiger partial charge on any atom is -0.436 e. The number of amides is 1. The van der Waals surface area contributed by atoms with Gasteiger partial charge in [-0.1, -0.05) is 29.8 Å². The molecule has 0 bridgehead atoms. The maximum absolute atomic E-state index is 12.4. The molecule has 0 atom stereocenters. The molecule has 7 nitrogen and oxygen atoms in total. The largest absolute Gasteiger partial charge is 0.436 e. The Balaban J connectivity index is 1.38. The monoisotopic (exact) mass is 395 g/mol. The summed E-state index contributed by atoms with van der Waals surface area (Å²) in [6, 6.07) is 22.2. The molecule has 5 aromatic rings. The fraction of sp³-hybridized carbons (Fsp3) is 0.0435. The van der Waals surface area contributed by atoms with E-state index in [1.54, 1.807) is 42.7 Å². The first-order valence-corrected chi connectivity index (χ1v) is 9.42. The highest BCUT2D eigenvalue weighted by molar-refractivity contribution is 6.04. The number of fused-ring (bicyclic) bond motifs is 3. The summed E-state index contributed by atoms with van der Waals surface area (Å²) in [6.07, 6.45) is 1.63. The van der Waals surface area contributed by atoms with Gasteiger partial charge in [-0.3, -0.25) is 9.20 Å². The second-order valence-corrected chi connectivity index (χ2v) is 6.88. The van der Waals surface area contributed by atoms with Gasteiger partial charge in [0.25, 0.3) is 11.8 Å². The van der Waals surface area contributed by atoms with Crippen LogP contribution in [0.5, 0.6) is 11.6 Å². The van der Waals surface area contributed by atoms with Crippen LogP contribution in [0, 0.1) is 6.92 Å². The highest BCUT2D eigenvalue weighted by Gasteiger charge is 2.12. The highest BCUT2D eigenvalue weighted by atomic mass is 16.5. The van der Waals surface area contributed by atoms with Gasteiger partial charge in [0.2, 0.25) is 5.65 Å². The van der Waals surface area contributed by atoms with Crippen LogP contribution >= 0.6 is 0 Å². The zero-order valence-corrected chi connectivity index (χ0v) is 16.1. The topological polar surface area (TPSA) is 81.4 Å². The molecule has 0 unspecified atom stereocenters. The van der Waals surface area contributed by atoms with Crippen LogP contribution in [0.1, 0.15) is 15.9 Å². The zero-order valence-electron chi connectivity index (χ0n) is 16.1. The third-order valence-corrected chi connectivity index (χ3v) is 4.74. The molecule has 0 aliphatic carbocycles. The van der Waals surface area contributed by atoms with Crippen molar-refractivity contribution in [2.24, 2.45) is 0 Å². The molecule has 3 aromatic carbocycles. The van der Waals surface area contributed by atoms with Gasteiger partial charge >= 0.3 is 0 Å². The molecule has 146 valence electrons. The molecule has 0 saturated carbocycles. The molecule has 0 aliphatic heterocycles. The van der Waals surface area contributed by atoms with Crippen LogP contribution in [-0.2, 0) is 0 Å². The number of carbonyl (C=O) groups excluding carboxylic acids is 1. The van der Waals surface area contributed by atoms with E-state index in [0.717, 1.165) is 16.6 Å². The number of aromatic nitrogens is 4. The van der Waals surface area contributed by atoms with E-state index in [0.29, 0.717) is 28.5 Å². The smallest absolute Gasteiger partial charge is 0.266 e. The lowest BCUT2D eigenvalue weighted by atomic mass is 10.1. The van der Waals surface area contributed by atoms with Gasteiger partial charge in [-0.15, -0.1) is 10.2 Å². The van der Waals surface area contributed by atoms with E-state index in [1.807, 2.05) is 47.7 Å². The van der Waals surface area contributed by atoms with Crippen molar-refractivity contribution in [2.75, 3.05) is 5.32 Å². The van der Waals surface area contributed by atoms with Gasteiger partial charge in [0.1, 0.15) is 12.1 Å². The third kappa shape index (κ3) is 3.33. The van der Waals surface area contributed by atoms with Crippen LogP contribution in [0.2, 0.25) is 0 Å². The lowest BCUT2D eigenvalue weighted by Crippen LogP contribution is -2.11. The molecular formula is C23H17N5O2. The summed E-state index contributed by atoms with van der Waals surface area (Å²) in [6.45, 7) is 1.98. The van der Waals surface area contributed by atoms with E-state index in [-0.39, 0.29) is 5.91 Å². The summed E-state index contributed by atoms with van der Waals surface area (Å²) >= 11 is 0. The fourth-order valence-electron chi connectivity index (χ4n) is 3.17. The molecule has 1 N–H and O–H groups in total. The second kappa shape index (κ2) is 7.29. The van der Waals surface area contributed by atoms with Crippen LogP contribution in [0.25, 0.3) is 16.7 Å². The minimum absolute atomic E-state index is 0.162. The second-order valence-electron chi connectivity index (χ2n) is 6.88. The summed E-state index contributed by atoms with van der Waals surface area (Å²) in [4.78, 5) is 16.9. The Bertz CT molecular complexity index is 1360. The zero-order chi connectivity index (χ0) is 20.5. The lowest BCUT2D eigenvalue weighted by molar-refractivity contribution is 0.102. The van der Waals surface area contributed by atoms with Crippen LogP contribution < -0.4 is 10.1 Å². The molecule has 30 heavy (non-hydrogen) atoms. The van der Waals surface area contributed by atoms with Crippen LogP contribution in [-0.4, -0.2) is 25.5 Å². The predicted octanol–water partition coefficient (Wildman–Crippen LogP) is 4.63. The standard InChI is InChI=1S/C23H17N5O2/c1-15-6-8-16(9-7-15)22(29)25-17-10-12-18(13-11-17)30-23-21-27-24-14-28(21)20-5-3-2-4-19(20)26-23/h2-14H,1H3,(H,25,29). The van der Waals surface area contributed by atoms with Gasteiger partial charge < -0.3 is 10.1 Å². The molecule has 2 heterocycles. The number of hydrogen-bond donors (Lipinski definition) is 1. The Hall–Kier alpha value is -4.26. The Kier molecular flexibility index (Phi) is 4.33. The van der Waals surface area contributed by atoms with Gasteiger partial charge in [-0.05, 0) is 55.5 Å². The summed E-state index contributed by atoms with van der Waals surface area (Å²) in [7, 11) is 0. The number of nitrogens with one attached hydrogen (secondary N) is 1. The summed E-state index contributed by atoms with van der Waals surface area (Å²) < 4.78 is 7.81. The SMILES string of the molecule is Cc1ccc(C(=O)Nc2ccc(Oc3nc4ccccc4n4cnnc34)cc2)cc1. The number of hydrogen-bond acceptors (Lipinski definition) is 5. The third-order valence-electron chi connectivity index (χ3n) is 4.74. The molecule has 0 saturated heterocycles. The van der Waals surface area contributed by atoms with Crippen molar-refractivity contribution in [3.05, 3.63) is 90.3 Å². The van der Waals surface area contributed by atoms with Crippen molar-refractivity contribution in [3.63, 3.8) is 0 Å². The normalized spacial score (nSPS) is 11.0. The highest BCUT2D eigenvalue weighted by Crippen LogP contribution is 2.27. The van der Waals surface area contributed by atoms with Crippen molar-refractivity contribution in [3.8, 4) is 11.6 Å². The number of benzene rings is 3. The first kappa shape index (κ1) is 17.8. The van der Waals surface area contributed by atoms with E-state index >= 15 is 0 Å². The number of aryl methyl sites for hydroxylation is 1. The maximum Gasteiger partial charge on any atom is 0.266 e. The van der Waals surface area contributed by atoms with Crippen LogP contribution in [0.15, 0.2) is 79.1 Å². The summed E-state index contributed by atoms with van der Waals surface area (Å²) in [5.41, 5.74) is 4.60. The van der Waals surface area contributed by atoms with Crippen molar-refractivity contribution >= 4 is 28.3 Å². The van der Waals surface area contributed by atoms with Crippen molar-refractivity contribution in [2.45, 2.75) is 6.92 Å². The number of ether oxygens (including phenoxy) is 1. The van der Waals surface area contributed by atoms with E-state index in [1.165, 1.54) is 0 Å². The van der Waals surface area contributed by atoms with E-state index < -0.39 is 0 Å². The maximum atomic E-state index is 12.4. The van der Waals surface area contributed by atoms with Gasteiger partial charge in [0.15, 0.2) is 0 Å². The van der Waals surface area contributed by atoms with Crippen molar-refractivity contribution in [1.29, 1.82) is 0 Å². The number of rotatable bonds is 4. The van der Waals surface area contributed by atoms with Gasteiger partial charge in [0.05, 0.1) is 11.0 Å². The number of nitrogens with zero attached hydrogens (tertiary/aromatic N) is 4. The molecule has 0 radical (unpaired) electrons. The van der Waals surface area contributed by atoms with Crippen LogP contribution in [0.4, 0.5) is 5.69 Å². The minimum atomic E-state index is -0.162. The molecule has 1 amide bonds. The van der Waals surface area contributed by atoms with Crippen molar-refractivity contribution < 1.29 is 9.53 Å². The summed E-state index contributed by atoms with van der Waals surface area (Å²) in [5.74, 6) is 0.781. The molecule has 7 heteroatoms. The quantitative estimate of drug-likeness (QED) is 0.480. The van der Waals surface area contributed by atoms with Crippen LogP contribution in [0.3, 0.4) is 0 Å². The first-order valence-electron chi connectivity index (χ1n) is 9.42. The molecule has 2 aromatic heterocycles. The number of anilines is 1. The lowest BCUT2D eigenvalue weighted by Gasteiger charge is -2.09. The number of carbonyl (C=O) groups is 1. The molecule has 5 rings (SSSR count). The molecule has 0 fully saturated rings. The molecular weight excluding hydrogens is 378 g/mol. The number of para-hydroxylation sites is 2. The average Bonchev–Trinajstić information content (AvgIpc) is 3.26. The first-order chi connectivity index (χ1) is 14.7. The van der Waals surface area contributed by atoms with E-state index in [9.17, 15) is 4.79 Å².